The molecule has 1 aliphatic heterocycles. The fourth-order valence-electron chi connectivity index (χ4n) is 2.53. The van der Waals surface area contributed by atoms with Gasteiger partial charge in [-0.2, -0.15) is 0 Å². The van der Waals surface area contributed by atoms with Crippen LogP contribution in [0.15, 0.2) is 22.7 Å². The van der Waals surface area contributed by atoms with Gasteiger partial charge in [-0.05, 0) is 30.0 Å². The predicted octanol–water partition coefficient (Wildman–Crippen LogP) is 3.27. The molecular formula is C13H18BrClN2. The summed E-state index contributed by atoms with van der Waals surface area (Å²) in [4.78, 5) is 2.40. The summed E-state index contributed by atoms with van der Waals surface area (Å²) < 4.78 is 1.02. The lowest BCUT2D eigenvalue weighted by atomic mass is 9.96. The second-order valence-corrected chi connectivity index (χ2v) is 6.35. The molecule has 0 spiro atoms. The van der Waals surface area contributed by atoms with E-state index in [1.54, 1.807) is 0 Å². The molecule has 1 aromatic rings. The van der Waals surface area contributed by atoms with Crippen molar-refractivity contribution in [2.45, 2.75) is 25.9 Å². The van der Waals surface area contributed by atoms with Gasteiger partial charge in [0, 0.05) is 35.2 Å². The van der Waals surface area contributed by atoms with E-state index < -0.39 is 0 Å². The third kappa shape index (κ3) is 3.68. The highest BCUT2D eigenvalue weighted by molar-refractivity contribution is 9.10. The first-order chi connectivity index (χ1) is 8.04. The zero-order valence-corrected chi connectivity index (χ0v) is 12.3. The van der Waals surface area contributed by atoms with E-state index in [1.165, 1.54) is 5.56 Å². The van der Waals surface area contributed by atoms with Gasteiger partial charge < -0.3 is 5.73 Å². The van der Waals surface area contributed by atoms with Crippen molar-refractivity contribution >= 4 is 27.5 Å². The van der Waals surface area contributed by atoms with E-state index in [1.807, 2.05) is 12.1 Å². The highest BCUT2D eigenvalue weighted by atomic mass is 79.9. The van der Waals surface area contributed by atoms with Crippen LogP contribution in [0.5, 0.6) is 0 Å². The Morgan fingerprint density at radius 3 is 2.88 bits per heavy atom. The van der Waals surface area contributed by atoms with Crippen LogP contribution < -0.4 is 5.73 Å². The van der Waals surface area contributed by atoms with Gasteiger partial charge in [-0.1, -0.05) is 40.5 Å². The molecule has 1 aromatic carbocycles. The fourth-order valence-corrected chi connectivity index (χ4v) is 3.27. The summed E-state index contributed by atoms with van der Waals surface area (Å²) in [5, 5.41) is 0.825. The SMILES string of the molecule is CC1CC(N)CN(Cc2ccc(Br)cc2Cl)C1. The third-order valence-corrected chi connectivity index (χ3v) is 4.02. The van der Waals surface area contributed by atoms with Crippen molar-refractivity contribution in [1.82, 2.24) is 4.90 Å². The lowest BCUT2D eigenvalue weighted by Gasteiger charge is -2.34. The van der Waals surface area contributed by atoms with Gasteiger partial charge in [-0.3, -0.25) is 4.90 Å². The second kappa shape index (κ2) is 5.70. The normalized spacial score (nSPS) is 26.1. The molecule has 2 atom stereocenters. The van der Waals surface area contributed by atoms with Crippen LogP contribution in [0.25, 0.3) is 0 Å². The number of piperidine rings is 1. The van der Waals surface area contributed by atoms with Crippen LogP contribution in [-0.4, -0.2) is 24.0 Å². The smallest absolute Gasteiger partial charge is 0.0462 e. The van der Waals surface area contributed by atoms with Crippen LogP contribution in [0.2, 0.25) is 5.02 Å². The summed E-state index contributed by atoms with van der Waals surface area (Å²) in [5.41, 5.74) is 7.23. The van der Waals surface area contributed by atoms with E-state index >= 15 is 0 Å². The van der Waals surface area contributed by atoms with Crippen molar-refractivity contribution in [2.75, 3.05) is 13.1 Å². The van der Waals surface area contributed by atoms with Crippen molar-refractivity contribution < 1.29 is 0 Å². The first-order valence-corrected chi connectivity index (χ1v) is 7.13. The van der Waals surface area contributed by atoms with E-state index in [0.717, 1.165) is 35.6 Å². The van der Waals surface area contributed by atoms with E-state index in [-0.39, 0.29) is 0 Å². The Bertz CT molecular complexity index is 387. The van der Waals surface area contributed by atoms with E-state index in [4.69, 9.17) is 17.3 Å². The molecule has 17 heavy (non-hydrogen) atoms. The van der Waals surface area contributed by atoms with E-state index in [0.29, 0.717) is 12.0 Å². The van der Waals surface area contributed by atoms with E-state index in [2.05, 4.69) is 33.8 Å². The van der Waals surface area contributed by atoms with Crippen molar-refractivity contribution in [3.63, 3.8) is 0 Å². The van der Waals surface area contributed by atoms with Crippen molar-refractivity contribution in [2.24, 2.45) is 11.7 Å². The molecule has 1 saturated heterocycles. The molecule has 0 radical (unpaired) electrons. The van der Waals surface area contributed by atoms with Gasteiger partial charge in [-0.15, -0.1) is 0 Å². The highest BCUT2D eigenvalue weighted by Crippen LogP contribution is 2.24. The van der Waals surface area contributed by atoms with Gasteiger partial charge in [-0.25, -0.2) is 0 Å². The molecule has 0 bridgehead atoms. The molecule has 2 nitrogen and oxygen atoms in total. The van der Waals surface area contributed by atoms with E-state index in [9.17, 15) is 0 Å². The van der Waals surface area contributed by atoms with Gasteiger partial charge in [0.05, 0.1) is 0 Å². The molecule has 1 fully saturated rings. The van der Waals surface area contributed by atoms with Crippen molar-refractivity contribution in [1.29, 1.82) is 0 Å². The number of halogens is 2. The summed E-state index contributed by atoms with van der Waals surface area (Å²) in [6.45, 7) is 5.23. The van der Waals surface area contributed by atoms with Gasteiger partial charge >= 0.3 is 0 Å². The minimum atomic E-state index is 0.299. The molecular weight excluding hydrogens is 300 g/mol. The quantitative estimate of drug-likeness (QED) is 0.907. The molecule has 2 unspecified atom stereocenters. The highest BCUT2D eigenvalue weighted by Gasteiger charge is 2.22. The Labute approximate surface area is 116 Å². The Morgan fingerprint density at radius 1 is 1.47 bits per heavy atom. The van der Waals surface area contributed by atoms with Crippen LogP contribution in [0.3, 0.4) is 0 Å². The maximum atomic E-state index is 6.23. The van der Waals surface area contributed by atoms with Gasteiger partial charge in [0.1, 0.15) is 0 Å². The molecule has 94 valence electrons. The predicted molar refractivity (Wildman–Crippen MR) is 76.2 cm³/mol. The molecule has 1 aliphatic rings. The minimum absolute atomic E-state index is 0.299. The lowest BCUT2D eigenvalue weighted by molar-refractivity contribution is 0.158. The molecule has 1 heterocycles. The zero-order valence-electron chi connectivity index (χ0n) is 10.00. The monoisotopic (exact) mass is 316 g/mol. The number of rotatable bonds is 2. The van der Waals surface area contributed by atoms with Gasteiger partial charge in [0.15, 0.2) is 0 Å². The molecule has 0 amide bonds. The molecule has 0 aliphatic carbocycles. The molecule has 0 saturated carbocycles. The first kappa shape index (κ1) is 13.3. The van der Waals surface area contributed by atoms with Crippen molar-refractivity contribution in [3.8, 4) is 0 Å². The summed E-state index contributed by atoms with van der Waals surface area (Å²) in [5.74, 6) is 0.674. The number of likely N-dealkylation sites (tertiary alicyclic amines) is 1. The summed E-state index contributed by atoms with van der Waals surface area (Å²) in [6.07, 6.45) is 1.13. The lowest BCUT2D eigenvalue weighted by Crippen LogP contribution is -2.45. The topological polar surface area (TPSA) is 29.3 Å². The standard InChI is InChI=1S/C13H18BrClN2/c1-9-4-12(16)8-17(6-9)7-10-2-3-11(14)5-13(10)15/h2-3,5,9,12H,4,6-8,16H2,1H3. The van der Waals surface area contributed by atoms with Crippen LogP contribution >= 0.6 is 27.5 Å². The average molecular weight is 318 g/mol. The van der Waals surface area contributed by atoms with Crippen LogP contribution in [0.4, 0.5) is 0 Å². The summed E-state index contributed by atoms with van der Waals surface area (Å²) >= 11 is 9.66. The Kier molecular flexibility index (Phi) is 4.47. The maximum Gasteiger partial charge on any atom is 0.0462 e. The van der Waals surface area contributed by atoms with Crippen LogP contribution in [0.1, 0.15) is 18.9 Å². The number of hydrogen-bond acceptors (Lipinski definition) is 2. The molecule has 2 rings (SSSR count). The Balaban J connectivity index is 2.04. The molecule has 0 aromatic heterocycles. The van der Waals surface area contributed by atoms with Gasteiger partial charge in [0.2, 0.25) is 0 Å². The molecule has 2 N–H and O–H groups in total. The maximum absolute atomic E-state index is 6.23. The average Bonchev–Trinajstić information content (AvgIpc) is 2.21. The number of nitrogens with two attached hydrogens (primary N) is 1. The largest absolute Gasteiger partial charge is 0.327 e. The summed E-state index contributed by atoms with van der Waals surface area (Å²) in [6, 6.07) is 6.36. The molecule has 4 heteroatoms. The van der Waals surface area contributed by atoms with Gasteiger partial charge in [0.25, 0.3) is 0 Å². The zero-order chi connectivity index (χ0) is 12.4. The minimum Gasteiger partial charge on any atom is -0.327 e. The fraction of sp³-hybridized carbons (Fsp3) is 0.538. The second-order valence-electron chi connectivity index (χ2n) is 5.03. The number of hydrogen-bond donors (Lipinski definition) is 1. The van der Waals surface area contributed by atoms with Crippen LogP contribution in [-0.2, 0) is 6.54 Å². The summed E-state index contributed by atoms with van der Waals surface area (Å²) in [7, 11) is 0. The first-order valence-electron chi connectivity index (χ1n) is 5.96. The van der Waals surface area contributed by atoms with Crippen LogP contribution in [0, 0.1) is 5.92 Å². The Hall–Kier alpha value is -0.0900. The number of benzene rings is 1. The Morgan fingerprint density at radius 2 is 2.24 bits per heavy atom. The third-order valence-electron chi connectivity index (χ3n) is 3.18. The van der Waals surface area contributed by atoms with Crippen molar-refractivity contribution in [3.05, 3.63) is 33.3 Å². The number of nitrogens with zero attached hydrogens (tertiary/aromatic N) is 1.